The van der Waals surface area contributed by atoms with Gasteiger partial charge in [-0.3, -0.25) is 4.79 Å². The van der Waals surface area contributed by atoms with Crippen LogP contribution in [-0.2, 0) is 9.53 Å². The van der Waals surface area contributed by atoms with E-state index in [2.05, 4.69) is 33.0 Å². The fraction of sp³-hybridized carbons (Fsp3) is 0.619. The Morgan fingerprint density at radius 2 is 1.85 bits per heavy atom. The molecule has 0 radical (unpaired) electrons. The van der Waals surface area contributed by atoms with Crippen molar-refractivity contribution < 1.29 is 19.1 Å². The van der Waals surface area contributed by atoms with Crippen molar-refractivity contribution in [2.45, 2.75) is 53.0 Å². The molecule has 0 heterocycles. The number of esters is 1. The second-order valence-electron chi connectivity index (χ2n) is 7.75. The maximum atomic E-state index is 12.1. The van der Waals surface area contributed by atoms with Gasteiger partial charge < -0.3 is 14.8 Å². The minimum Gasteiger partial charge on any atom is -0.493 e. The second kappa shape index (κ2) is 9.60. The monoisotopic (exact) mass is 361 g/mol. The third kappa shape index (κ3) is 6.04. The number of hydrogen-bond donors (Lipinski definition) is 1. The lowest BCUT2D eigenvalue weighted by atomic mass is 9.78. The van der Waals surface area contributed by atoms with Crippen LogP contribution >= 0.6 is 0 Å². The molecule has 26 heavy (non-hydrogen) atoms. The molecule has 0 aromatic heterocycles. The molecule has 0 aliphatic heterocycles. The molecule has 0 bridgehead atoms. The standard InChI is InChI=1S/C21H31NO4/c1-14(2)12-25-18-10-8-17(9-11-18)21(24)26-13-20(23)22-19-7-5-6-15(3)16(19)4/h8-11,14-16,19H,5-7,12-13H2,1-4H3,(H,22,23)/t15-,16+,19-/m0/s1. The summed E-state index contributed by atoms with van der Waals surface area (Å²) in [6.45, 7) is 8.92. The van der Waals surface area contributed by atoms with Crippen LogP contribution in [0.4, 0.5) is 0 Å². The van der Waals surface area contributed by atoms with Gasteiger partial charge >= 0.3 is 5.97 Å². The topological polar surface area (TPSA) is 64.6 Å². The highest BCUT2D eigenvalue weighted by molar-refractivity contribution is 5.91. The number of hydrogen-bond acceptors (Lipinski definition) is 4. The molecular formula is C21H31NO4. The Balaban J connectivity index is 1.77. The largest absolute Gasteiger partial charge is 0.493 e. The molecule has 5 heteroatoms. The fourth-order valence-corrected chi connectivity index (χ4v) is 3.20. The molecule has 1 aliphatic carbocycles. The van der Waals surface area contributed by atoms with Crippen LogP contribution in [0.15, 0.2) is 24.3 Å². The molecule has 1 aromatic rings. The molecule has 5 nitrogen and oxygen atoms in total. The number of carbonyl (C=O) groups excluding carboxylic acids is 2. The molecule has 1 fully saturated rings. The van der Waals surface area contributed by atoms with Crippen molar-refractivity contribution in [3.05, 3.63) is 29.8 Å². The highest BCUT2D eigenvalue weighted by Crippen LogP contribution is 2.29. The van der Waals surface area contributed by atoms with Crippen LogP contribution < -0.4 is 10.1 Å². The van der Waals surface area contributed by atoms with E-state index in [1.807, 2.05) is 0 Å². The lowest BCUT2D eigenvalue weighted by Crippen LogP contribution is -2.45. The van der Waals surface area contributed by atoms with Crippen LogP contribution in [0.2, 0.25) is 0 Å². The molecule has 1 aromatic carbocycles. The average molecular weight is 361 g/mol. The molecule has 1 N–H and O–H groups in total. The van der Waals surface area contributed by atoms with Gasteiger partial charge in [0.15, 0.2) is 6.61 Å². The van der Waals surface area contributed by atoms with Gasteiger partial charge in [-0.1, -0.05) is 40.5 Å². The highest BCUT2D eigenvalue weighted by Gasteiger charge is 2.28. The Labute approximate surface area is 156 Å². The summed E-state index contributed by atoms with van der Waals surface area (Å²) in [6, 6.07) is 6.96. The van der Waals surface area contributed by atoms with E-state index in [4.69, 9.17) is 9.47 Å². The summed E-state index contributed by atoms with van der Waals surface area (Å²) in [5, 5.41) is 3.01. The van der Waals surface area contributed by atoms with Crippen LogP contribution in [0.5, 0.6) is 5.75 Å². The van der Waals surface area contributed by atoms with Gasteiger partial charge in [0.2, 0.25) is 0 Å². The Morgan fingerprint density at radius 1 is 1.15 bits per heavy atom. The highest BCUT2D eigenvalue weighted by atomic mass is 16.5. The van der Waals surface area contributed by atoms with Gasteiger partial charge in [-0.15, -0.1) is 0 Å². The van der Waals surface area contributed by atoms with E-state index in [9.17, 15) is 9.59 Å². The molecule has 1 amide bonds. The zero-order valence-electron chi connectivity index (χ0n) is 16.3. The molecule has 1 saturated carbocycles. The second-order valence-corrected chi connectivity index (χ2v) is 7.75. The van der Waals surface area contributed by atoms with Crippen molar-refractivity contribution in [1.82, 2.24) is 5.32 Å². The van der Waals surface area contributed by atoms with Crippen LogP contribution in [0, 0.1) is 17.8 Å². The molecule has 0 unspecified atom stereocenters. The van der Waals surface area contributed by atoms with E-state index in [0.29, 0.717) is 35.7 Å². The molecule has 3 atom stereocenters. The first-order chi connectivity index (χ1) is 12.4. The van der Waals surface area contributed by atoms with Crippen molar-refractivity contribution in [3.8, 4) is 5.75 Å². The Kier molecular flexibility index (Phi) is 7.49. The van der Waals surface area contributed by atoms with E-state index in [0.717, 1.165) is 12.8 Å². The van der Waals surface area contributed by atoms with E-state index in [-0.39, 0.29) is 18.6 Å². The van der Waals surface area contributed by atoms with E-state index in [1.54, 1.807) is 24.3 Å². The summed E-state index contributed by atoms with van der Waals surface area (Å²) in [7, 11) is 0. The quantitative estimate of drug-likeness (QED) is 0.750. The van der Waals surface area contributed by atoms with Crippen molar-refractivity contribution >= 4 is 11.9 Å². The van der Waals surface area contributed by atoms with Gasteiger partial charge in [0.25, 0.3) is 5.91 Å². The van der Waals surface area contributed by atoms with Gasteiger partial charge in [0.1, 0.15) is 5.75 Å². The van der Waals surface area contributed by atoms with Crippen LogP contribution in [0.1, 0.15) is 57.3 Å². The number of amides is 1. The first-order valence-corrected chi connectivity index (χ1v) is 9.56. The van der Waals surface area contributed by atoms with Crippen molar-refractivity contribution in [2.75, 3.05) is 13.2 Å². The minimum absolute atomic E-state index is 0.169. The normalized spacial score (nSPS) is 22.7. The maximum absolute atomic E-state index is 12.1. The average Bonchev–Trinajstić information content (AvgIpc) is 2.62. The number of nitrogens with one attached hydrogen (secondary N) is 1. The van der Waals surface area contributed by atoms with Crippen molar-refractivity contribution in [2.24, 2.45) is 17.8 Å². The van der Waals surface area contributed by atoms with Gasteiger partial charge in [0, 0.05) is 6.04 Å². The first kappa shape index (κ1) is 20.3. The molecular weight excluding hydrogens is 330 g/mol. The Bertz CT molecular complexity index is 597. The molecule has 1 aliphatic rings. The molecule has 2 rings (SSSR count). The number of rotatable bonds is 7. The Hall–Kier alpha value is -2.04. The summed E-state index contributed by atoms with van der Waals surface area (Å²) in [5.41, 5.74) is 0.411. The zero-order valence-corrected chi connectivity index (χ0v) is 16.3. The number of carbonyl (C=O) groups is 2. The maximum Gasteiger partial charge on any atom is 0.338 e. The summed E-state index contributed by atoms with van der Waals surface area (Å²) in [6.07, 6.45) is 3.32. The summed E-state index contributed by atoms with van der Waals surface area (Å²) in [5.74, 6) is 1.47. The van der Waals surface area contributed by atoms with Gasteiger partial charge in [0.05, 0.1) is 12.2 Å². The van der Waals surface area contributed by atoms with Gasteiger partial charge in [-0.25, -0.2) is 4.79 Å². The summed E-state index contributed by atoms with van der Waals surface area (Å²) >= 11 is 0. The van der Waals surface area contributed by atoms with Crippen molar-refractivity contribution in [1.29, 1.82) is 0 Å². The first-order valence-electron chi connectivity index (χ1n) is 9.56. The van der Waals surface area contributed by atoms with Crippen LogP contribution in [0.3, 0.4) is 0 Å². The smallest absolute Gasteiger partial charge is 0.338 e. The third-order valence-corrected chi connectivity index (χ3v) is 5.06. The lowest BCUT2D eigenvalue weighted by molar-refractivity contribution is -0.125. The SMILES string of the molecule is CC(C)COc1ccc(C(=O)OCC(=O)N[C@H]2CCC[C@H](C)[C@H]2C)cc1. The van der Waals surface area contributed by atoms with Gasteiger partial charge in [-0.2, -0.15) is 0 Å². The summed E-state index contributed by atoms with van der Waals surface area (Å²) < 4.78 is 10.7. The third-order valence-electron chi connectivity index (χ3n) is 5.06. The van der Waals surface area contributed by atoms with E-state index < -0.39 is 5.97 Å². The number of benzene rings is 1. The summed E-state index contributed by atoms with van der Waals surface area (Å²) in [4.78, 5) is 24.2. The van der Waals surface area contributed by atoms with Gasteiger partial charge in [-0.05, 0) is 48.4 Å². The van der Waals surface area contributed by atoms with Crippen LogP contribution in [-0.4, -0.2) is 31.1 Å². The van der Waals surface area contributed by atoms with E-state index >= 15 is 0 Å². The van der Waals surface area contributed by atoms with Crippen LogP contribution in [0.25, 0.3) is 0 Å². The predicted molar refractivity (Wildman–Crippen MR) is 101 cm³/mol. The minimum atomic E-state index is -0.499. The molecule has 0 spiro atoms. The molecule has 144 valence electrons. The Morgan fingerprint density at radius 3 is 2.50 bits per heavy atom. The predicted octanol–water partition coefficient (Wildman–Crippen LogP) is 3.82. The fourth-order valence-electron chi connectivity index (χ4n) is 3.20. The van der Waals surface area contributed by atoms with Crippen molar-refractivity contribution in [3.63, 3.8) is 0 Å². The number of ether oxygens (including phenoxy) is 2. The zero-order chi connectivity index (χ0) is 19.1. The molecule has 0 saturated heterocycles. The van der Waals surface area contributed by atoms with E-state index in [1.165, 1.54) is 6.42 Å². The lowest BCUT2D eigenvalue weighted by Gasteiger charge is -2.34.